The number of halogens is 1. The van der Waals surface area contributed by atoms with Crippen LogP contribution in [0.2, 0.25) is 0 Å². The number of ether oxygens (including phenoxy) is 1. The Morgan fingerprint density at radius 3 is 2.63 bits per heavy atom. The van der Waals surface area contributed by atoms with Crippen LogP contribution in [-0.4, -0.2) is 32.0 Å². The lowest BCUT2D eigenvalue weighted by atomic mass is 10.1. The van der Waals surface area contributed by atoms with Gasteiger partial charge in [0.25, 0.3) is 5.91 Å². The van der Waals surface area contributed by atoms with Crippen LogP contribution in [0.4, 0.5) is 5.69 Å². The molecule has 27 heavy (non-hydrogen) atoms. The summed E-state index contributed by atoms with van der Waals surface area (Å²) in [6.45, 7) is 4.55. The minimum absolute atomic E-state index is 0.0142. The van der Waals surface area contributed by atoms with Crippen molar-refractivity contribution in [1.82, 2.24) is 10.6 Å². The van der Waals surface area contributed by atoms with E-state index in [1.54, 1.807) is 31.4 Å². The van der Waals surface area contributed by atoms with Crippen molar-refractivity contribution in [2.75, 3.05) is 25.5 Å². The van der Waals surface area contributed by atoms with Crippen LogP contribution in [0.1, 0.15) is 35.8 Å². The summed E-state index contributed by atoms with van der Waals surface area (Å²) in [5.74, 6) is 0.420. The van der Waals surface area contributed by atoms with Crippen LogP contribution >= 0.6 is 15.9 Å². The predicted octanol–water partition coefficient (Wildman–Crippen LogP) is 3.50. The highest BCUT2D eigenvalue weighted by Crippen LogP contribution is 2.27. The third kappa shape index (κ3) is 6.08. The van der Waals surface area contributed by atoms with Crippen molar-refractivity contribution >= 4 is 33.4 Å². The van der Waals surface area contributed by atoms with Gasteiger partial charge in [0.15, 0.2) is 0 Å². The molecule has 2 aromatic carbocycles. The molecule has 0 saturated heterocycles. The normalized spacial score (nSPS) is 11.6. The first-order valence-electron chi connectivity index (χ1n) is 8.69. The van der Waals surface area contributed by atoms with Crippen molar-refractivity contribution in [1.29, 1.82) is 0 Å². The summed E-state index contributed by atoms with van der Waals surface area (Å²) in [7, 11) is 1.62. The molecule has 2 rings (SSSR count). The Morgan fingerprint density at radius 2 is 1.96 bits per heavy atom. The molecular weight excluding hydrogens is 410 g/mol. The van der Waals surface area contributed by atoms with Crippen LogP contribution in [-0.2, 0) is 4.79 Å². The van der Waals surface area contributed by atoms with Gasteiger partial charge < -0.3 is 20.7 Å². The maximum absolute atomic E-state index is 12.2. The summed E-state index contributed by atoms with van der Waals surface area (Å²) in [4.78, 5) is 24.1. The first-order chi connectivity index (χ1) is 12.9. The molecule has 0 spiro atoms. The number of hydrogen-bond acceptors (Lipinski definition) is 4. The number of carbonyl (C=O) groups is 2. The fourth-order valence-electron chi connectivity index (χ4n) is 2.52. The summed E-state index contributed by atoms with van der Waals surface area (Å²) in [6.07, 6.45) is 0. The maximum Gasteiger partial charge on any atom is 0.251 e. The van der Waals surface area contributed by atoms with Crippen LogP contribution in [0, 0.1) is 0 Å². The highest BCUT2D eigenvalue weighted by molar-refractivity contribution is 9.10. The lowest BCUT2D eigenvalue weighted by molar-refractivity contribution is -0.115. The van der Waals surface area contributed by atoms with E-state index < -0.39 is 0 Å². The van der Waals surface area contributed by atoms with Crippen LogP contribution in [0.25, 0.3) is 0 Å². The van der Waals surface area contributed by atoms with Gasteiger partial charge in [-0.25, -0.2) is 0 Å². The number of carbonyl (C=O) groups excluding carboxylic acids is 2. The third-order valence-electron chi connectivity index (χ3n) is 3.99. The highest BCUT2D eigenvalue weighted by Gasteiger charge is 2.11. The van der Waals surface area contributed by atoms with E-state index in [9.17, 15) is 9.59 Å². The molecule has 7 heteroatoms. The first-order valence-corrected chi connectivity index (χ1v) is 9.48. The van der Waals surface area contributed by atoms with Gasteiger partial charge in [-0.1, -0.05) is 12.1 Å². The summed E-state index contributed by atoms with van der Waals surface area (Å²) in [5.41, 5.74) is 2.14. The molecule has 2 aromatic rings. The molecule has 0 aliphatic rings. The zero-order valence-corrected chi connectivity index (χ0v) is 17.2. The molecule has 1 atom stereocenters. The molecule has 3 N–H and O–H groups in total. The second-order valence-electron chi connectivity index (χ2n) is 5.99. The van der Waals surface area contributed by atoms with Gasteiger partial charge in [0.1, 0.15) is 5.75 Å². The number of nitrogens with one attached hydrogen (secondary N) is 3. The van der Waals surface area contributed by atoms with Gasteiger partial charge in [-0.3, -0.25) is 9.59 Å². The van der Waals surface area contributed by atoms with Crippen LogP contribution in [0.3, 0.4) is 0 Å². The fraction of sp³-hybridized carbons (Fsp3) is 0.300. The van der Waals surface area contributed by atoms with Crippen molar-refractivity contribution in [2.24, 2.45) is 0 Å². The highest BCUT2D eigenvalue weighted by atomic mass is 79.9. The Hall–Kier alpha value is -2.38. The Bertz CT molecular complexity index is 811. The molecule has 0 aliphatic carbocycles. The third-order valence-corrected chi connectivity index (χ3v) is 4.61. The van der Waals surface area contributed by atoms with E-state index in [0.717, 1.165) is 15.8 Å². The summed E-state index contributed by atoms with van der Waals surface area (Å²) in [6, 6.07) is 12.6. The van der Waals surface area contributed by atoms with Crippen molar-refractivity contribution in [2.45, 2.75) is 19.9 Å². The van der Waals surface area contributed by atoms with Crippen LogP contribution in [0.15, 0.2) is 46.9 Å². The van der Waals surface area contributed by atoms with Gasteiger partial charge in [-0.2, -0.15) is 0 Å². The first kappa shape index (κ1) is 20.9. The average Bonchev–Trinajstić information content (AvgIpc) is 2.66. The van der Waals surface area contributed by atoms with Crippen molar-refractivity contribution in [3.8, 4) is 5.75 Å². The van der Waals surface area contributed by atoms with Gasteiger partial charge in [0.2, 0.25) is 5.91 Å². The van der Waals surface area contributed by atoms with Crippen LogP contribution in [0.5, 0.6) is 5.75 Å². The fourth-order valence-corrected chi connectivity index (χ4v) is 3.08. The predicted molar refractivity (Wildman–Crippen MR) is 110 cm³/mol. The minimum atomic E-state index is -0.178. The van der Waals surface area contributed by atoms with E-state index in [2.05, 4.69) is 31.9 Å². The van der Waals surface area contributed by atoms with Gasteiger partial charge in [-0.05, 0) is 65.7 Å². The van der Waals surface area contributed by atoms with E-state index in [0.29, 0.717) is 17.8 Å². The molecule has 0 radical (unpaired) electrons. The van der Waals surface area contributed by atoms with Gasteiger partial charge in [-0.15, -0.1) is 0 Å². The number of rotatable bonds is 8. The lowest BCUT2D eigenvalue weighted by Gasteiger charge is -2.15. The van der Waals surface area contributed by atoms with Gasteiger partial charge in [0, 0.05) is 23.8 Å². The number of amides is 2. The largest absolute Gasteiger partial charge is 0.496 e. The minimum Gasteiger partial charge on any atom is -0.496 e. The Labute approximate surface area is 167 Å². The Balaban J connectivity index is 1.91. The smallest absolute Gasteiger partial charge is 0.251 e. The van der Waals surface area contributed by atoms with Crippen molar-refractivity contribution in [3.63, 3.8) is 0 Å². The van der Waals surface area contributed by atoms with Gasteiger partial charge >= 0.3 is 0 Å². The second kappa shape index (κ2) is 10.1. The number of methoxy groups -OCH3 is 1. The maximum atomic E-state index is 12.2. The zero-order valence-electron chi connectivity index (χ0n) is 15.6. The Kier molecular flexibility index (Phi) is 7.82. The molecular formula is C20H24BrN3O3. The van der Waals surface area contributed by atoms with E-state index in [1.807, 2.05) is 32.0 Å². The molecule has 2 amide bonds. The molecule has 0 saturated carbocycles. The molecule has 0 aromatic heterocycles. The molecule has 0 aliphatic heterocycles. The van der Waals surface area contributed by atoms with E-state index in [-0.39, 0.29) is 24.4 Å². The van der Waals surface area contributed by atoms with Gasteiger partial charge in [0.05, 0.1) is 18.1 Å². The summed E-state index contributed by atoms with van der Waals surface area (Å²) < 4.78 is 6.09. The van der Waals surface area contributed by atoms with Crippen molar-refractivity contribution in [3.05, 3.63) is 58.1 Å². The molecule has 0 heterocycles. The average molecular weight is 434 g/mol. The molecule has 0 fully saturated rings. The molecule has 0 bridgehead atoms. The molecule has 6 nitrogen and oxygen atoms in total. The molecule has 0 unspecified atom stereocenters. The standard InChI is InChI=1S/C20H24BrN3O3/c1-4-22-20(26)15-6-5-7-16(10-15)24-19(25)12-23-13(2)14-8-9-18(27-3)17(21)11-14/h5-11,13,23H,4,12H2,1-3H3,(H,22,26)(H,24,25)/t13-/m1/s1. The number of anilines is 1. The Morgan fingerprint density at radius 1 is 1.19 bits per heavy atom. The van der Waals surface area contributed by atoms with E-state index in [1.165, 1.54) is 0 Å². The monoisotopic (exact) mass is 433 g/mol. The SMILES string of the molecule is CCNC(=O)c1cccc(NC(=O)CN[C@H](C)c2ccc(OC)c(Br)c2)c1. The molecule has 144 valence electrons. The van der Waals surface area contributed by atoms with E-state index in [4.69, 9.17) is 4.74 Å². The second-order valence-corrected chi connectivity index (χ2v) is 6.84. The summed E-state index contributed by atoms with van der Waals surface area (Å²) in [5, 5.41) is 8.73. The zero-order chi connectivity index (χ0) is 19.8. The number of benzene rings is 2. The quantitative estimate of drug-likeness (QED) is 0.594. The van der Waals surface area contributed by atoms with Crippen LogP contribution < -0.4 is 20.7 Å². The number of hydrogen-bond donors (Lipinski definition) is 3. The van der Waals surface area contributed by atoms with Crippen molar-refractivity contribution < 1.29 is 14.3 Å². The topological polar surface area (TPSA) is 79.5 Å². The summed E-state index contributed by atoms with van der Waals surface area (Å²) >= 11 is 3.46. The van der Waals surface area contributed by atoms with E-state index >= 15 is 0 Å². The lowest BCUT2D eigenvalue weighted by Crippen LogP contribution is -2.30.